The second-order valence-electron chi connectivity index (χ2n) is 14.5. The van der Waals surface area contributed by atoms with E-state index in [1.165, 1.54) is 57.8 Å². The standard InChI is InChI=1S/C33H55N5O2/c1-5-6-22(2)27-9-10-28-26-8-7-23-17-25(11-14-32(23,3)29(26)12-15-33(27,28)4)38(16-13-24-19-35-21-37-24)31(40)20-36-30(39)18-34/h19,21-23,25-29H,5-18,20,34H2,1-4H3,(H,35,37)(H,36,39)/t22-,23?,25?,26?,27-,28?,29?,32+,33-/m1/s1. The summed E-state index contributed by atoms with van der Waals surface area (Å²) in [6.07, 6.45) is 18.8. The van der Waals surface area contributed by atoms with Crippen molar-refractivity contribution in [3.05, 3.63) is 18.2 Å². The van der Waals surface area contributed by atoms with Crippen molar-refractivity contribution in [2.75, 3.05) is 19.6 Å². The third-order valence-corrected chi connectivity index (χ3v) is 12.7. The molecule has 9 atom stereocenters. The average molecular weight is 554 g/mol. The Kier molecular flexibility index (Phi) is 8.99. The molecular weight excluding hydrogens is 498 g/mol. The zero-order valence-corrected chi connectivity index (χ0v) is 25.6. The highest BCUT2D eigenvalue weighted by molar-refractivity contribution is 5.85. The van der Waals surface area contributed by atoms with Gasteiger partial charge in [0.15, 0.2) is 0 Å². The van der Waals surface area contributed by atoms with Crippen molar-refractivity contribution in [2.24, 2.45) is 52.1 Å². The molecular formula is C33H55N5O2. The Labute approximate surface area is 242 Å². The Balaban J connectivity index is 1.28. The van der Waals surface area contributed by atoms with Crippen LogP contribution in [0.3, 0.4) is 0 Å². The van der Waals surface area contributed by atoms with E-state index in [1.54, 1.807) is 6.33 Å². The molecule has 2 amide bonds. The van der Waals surface area contributed by atoms with E-state index in [2.05, 4.69) is 47.9 Å². The van der Waals surface area contributed by atoms with Gasteiger partial charge < -0.3 is 20.9 Å². The van der Waals surface area contributed by atoms with Gasteiger partial charge in [-0.2, -0.15) is 0 Å². The van der Waals surface area contributed by atoms with Gasteiger partial charge in [0, 0.05) is 25.2 Å². The van der Waals surface area contributed by atoms with Gasteiger partial charge in [-0.3, -0.25) is 9.59 Å². The number of hydrogen-bond acceptors (Lipinski definition) is 4. The molecule has 224 valence electrons. The van der Waals surface area contributed by atoms with E-state index in [4.69, 9.17) is 5.73 Å². The number of hydrogen-bond donors (Lipinski definition) is 3. The van der Waals surface area contributed by atoms with Crippen LogP contribution < -0.4 is 11.1 Å². The molecule has 4 aliphatic rings. The minimum atomic E-state index is -0.280. The number of carbonyl (C=O) groups excluding carboxylic acids is 2. The smallest absolute Gasteiger partial charge is 0.242 e. The van der Waals surface area contributed by atoms with Crippen LogP contribution in [0.5, 0.6) is 0 Å². The third kappa shape index (κ3) is 5.48. The molecule has 1 aromatic heterocycles. The number of carbonyl (C=O) groups is 2. The lowest BCUT2D eigenvalue weighted by Crippen LogP contribution is -2.57. The predicted molar refractivity (Wildman–Crippen MR) is 159 cm³/mol. The van der Waals surface area contributed by atoms with Crippen molar-refractivity contribution in [3.63, 3.8) is 0 Å². The molecule has 0 saturated heterocycles. The first-order valence-electron chi connectivity index (χ1n) is 16.4. The average Bonchev–Trinajstić information content (AvgIpc) is 3.59. The number of nitrogens with one attached hydrogen (secondary N) is 2. The fourth-order valence-electron chi connectivity index (χ4n) is 10.7. The number of nitrogens with zero attached hydrogens (tertiary/aromatic N) is 2. The predicted octanol–water partition coefficient (Wildman–Crippen LogP) is 5.32. The summed E-state index contributed by atoms with van der Waals surface area (Å²) in [5.74, 6) is 4.80. The molecule has 7 heteroatoms. The Morgan fingerprint density at radius 2 is 1.90 bits per heavy atom. The molecule has 0 aliphatic heterocycles. The maximum absolute atomic E-state index is 13.4. The van der Waals surface area contributed by atoms with E-state index in [0.717, 1.165) is 54.5 Å². The molecule has 0 radical (unpaired) electrons. The van der Waals surface area contributed by atoms with E-state index in [9.17, 15) is 9.59 Å². The Hall–Kier alpha value is -1.89. The molecule has 4 aliphatic carbocycles. The molecule has 4 N–H and O–H groups in total. The van der Waals surface area contributed by atoms with Gasteiger partial charge in [-0.1, -0.05) is 40.5 Å². The van der Waals surface area contributed by atoms with E-state index >= 15 is 0 Å². The summed E-state index contributed by atoms with van der Waals surface area (Å²) in [6.45, 7) is 10.8. The number of aromatic amines is 1. The van der Waals surface area contributed by atoms with Crippen LogP contribution in [0.25, 0.3) is 0 Å². The molecule has 0 spiro atoms. The first kappa shape index (κ1) is 29.6. The van der Waals surface area contributed by atoms with E-state index in [0.29, 0.717) is 23.3 Å². The largest absolute Gasteiger partial charge is 0.351 e. The molecule has 40 heavy (non-hydrogen) atoms. The van der Waals surface area contributed by atoms with E-state index in [-0.39, 0.29) is 30.9 Å². The van der Waals surface area contributed by atoms with Crippen molar-refractivity contribution in [1.82, 2.24) is 20.2 Å². The summed E-state index contributed by atoms with van der Waals surface area (Å²) in [4.78, 5) is 34.7. The van der Waals surface area contributed by atoms with Gasteiger partial charge in [-0.05, 0) is 104 Å². The van der Waals surface area contributed by atoms with Crippen molar-refractivity contribution in [2.45, 2.75) is 111 Å². The first-order chi connectivity index (χ1) is 19.2. The summed E-state index contributed by atoms with van der Waals surface area (Å²) >= 11 is 0. The number of nitrogens with two attached hydrogens (primary N) is 1. The van der Waals surface area contributed by atoms with Crippen molar-refractivity contribution >= 4 is 11.8 Å². The zero-order chi connectivity index (χ0) is 28.5. The van der Waals surface area contributed by atoms with Gasteiger partial charge in [-0.15, -0.1) is 0 Å². The number of rotatable bonds is 10. The molecule has 4 saturated carbocycles. The van der Waals surface area contributed by atoms with Gasteiger partial charge >= 0.3 is 0 Å². The molecule has 0 bridgehead atoms. The normalized spacial score (nSPS) is 37.6. The SMILES string of the molecule is CCC[C@@H](C)[C@H]1CCC2C3CCC4CC(N(CCc5c[nH]cn5)C(=O)CNC(=O)CN)CC[C@]4(C)C3CC[C@@]21C. The number of fused-ring (bicyclic) bond motifs is 5. The van der Waals surface area contributed by atoms with Gasteiger partial charge in [0.25, 0.3) is 0 Å². The number of imidazole rings is 1. The summed E-state index contributed by atoms with van der Waals surface area (Å²) in [5.41, 5.74) is 7.37. The summed E-state index contributed by atoms with van der Waals surface area (Å²) in [5, 5.41) is 2.71. The molecule has 1 heterocycles. The van der Waals surface area contributed by atoms with Crippen molar-refractivity contribution in [1.29, 1.82) is 0 Å². The van der Waals surface area contributed by atoms with Crippen LogP contribution in [0, 0.1) is 46.3 Å². The third-order valence-electron chi connectivity index (χ3n) is 12.7. The Bertz CT molecular complexity index is 1010. The minimum absolute atomic E-state index is 0.00579. The topological polar surface area (TPSA) is 104 Å². The molecule has 5 rings (SSSR count). The Morgan fingerprint density at radius 1 is 1.12 bits per heavy atom. The lowest BCUT2D eigenvalue weighted by molar-refractivity contribution is -0.143. The summed E-state index contributed by atoms with van der Waals surface area (Å²) < 4.78 is 0. The van der Waals surface area contributed by atoms with Crippen LogP contribution in [0.15, 0.2) is 12.5 Å². The van der Waals surface area contributed by atoms with Crippen LogP contribution in [0.1, 0.15) is 104 Å². The maximum atomic E-state index is 13.4. The number of amides is 2. The zero-order valence-electron chi connectivity index (χ0n) is 25.6. The van der Waals surface area contributed by atoms with Crippen LogP contribution >= 0.6 is 0 Å². The van der Waals surface area contributed by atoms with Crippen LogP contribution in [0.2, 0.25) is 0 Å². The van der Waals surface area contributed by atoms with Crippen molar-refractivity contribution < 1.29 is 9.59 Å². The highest BCUT2D eigenvalue weighted by Gasteiger charge is 2.60. The van der Waals surface area contributed by atoms with Gasteiger partial charge in [0.05, 0.1) is 25.1 Å². The molecule has 4 fully saturated rings. The fourth-order valence-corrected chi connectivity index (χ4v) is 10.7. The fraction of sp³-hybridized carbons (Fsp3) is 0.848. The highest BCUT2D eigenvalue weighted by Crippen LogP contribution is 2.68. The highest BCUT2D eigenvalue weighted by atomic mass is 16.2. The maximum Gasteiger partial charge on any atom is 0.242 e. The molecule has 0 aromatic carbocycles. The van der Waals surface area contributed by atoms with Crippen LogP contribution in [-0.2, 0) is 16.0 Å². The second kappa shape index (κ2) is 12.1. The summed E-state index contributed by atoms with van der Waals surface area (Å²) in [6, 6.07) is 0.232. The molecule has 7 nitrogen and oxygen atoms in total. The van der Waals surface area contributed by atoms with E-state index in [1.807, 2.05) is 6.20 Å². The second-order valence-corrected chi connectivity index (χ2v) is 14.5. The summed E-state index contributed by atoms with van der Waals surface area (Å²) in [7, 11) is 0. The minimum Gasteiger partial charge on any atom is -0.351 e. The lowest BCUT2D eigenvalue weighted by atomic mass is 9.44. The van der Waals surface area contributed by atoms with Crippen LogP contribution in [0.4, 0.5) is 0 Å². The number of aromatic nitrogens is 2. The molecule has 5 unspecified atom stereocenters. The van der Waals surface area contributed by atoms with Crippen LogP contribution in [-0.4, -0.2) is 52.4 Å². The molecule has 1 aromatic rings. The van der Waals surface area contributed by atoms with Crippen molar-refractivity contribution in [3.8, 4) is 0 Å². The van der Waals surface area contributed by atoms with Gasteiger partial charge in [-0.25, -0.2) is 4.98 Å². The number of H-pyrrole nitrogens is 1. The first-order valence-corrected chi connectivity index (χ1v) is 16.4. The Morgan fingerprint density at radius 3 is 2.62 bits per heavy atom. The monoisotopic (exact) mass is 553 g/mol. The quantitative estimate of drug-likeness (QED) is 0.365. The van der Waals surface area contributed by atoms with Gasteiger partial charge in [0.1, 0.15) is 0 Å². The van der Waals surface area contributed by atoms with Gasteiger partial charge in [0.2, 0.25) is 11.8 Å². The lowest BCUT2D eigenvalue weighted by Gasteiger charge is -2.62. The van der Waals surface area contributed by atoms with E-state index < -0.39 is 0 Å².